The Hall–Kier alpha value is -3.13. The fourth-order valence-electron chi connectivity index (χ4n) is 2.51. The van der Waals surface area contributed by atoms with Crippen LogP contribution in [-0.2, 0) is 4.79 Å². The van der Waals surface area contributed by atoms with E-state index in [2.05, 4.69) is 4.99 Å². The molecule has 1 aliphatic carbocycles. The molecule has 2 rings (SSSR count). The van der Waals surface area contributed by atoms with Crippen LogP contribution in [0.4, 0.5) is 13.2 Å². The Morgan fingerprint density at radius 1 is 1.29 bits per heavy atom. The zero-order valence-electron chi connectivity index (χ0n) is 15.3. The number of hydrogen-bond acceptors (Lipinski definition) is 3. The summed E-state index contributed by atoms with van der Waals surface area (Å²) in [5.74, 6) is -3.83. The van der Waals surface area contributed by atoms with Crippen LogP contribution >= 0.6 is 0 Å². The summed E-state index contributed by atoms with van der Waals surface area (Å²) >= 11 is 0. The highest BCUT2D eigenvalue weighted by atomic mass is 19.1. The zero-order chi connectivity index (χ0) is 20.8. The normalized spacial score (nSPS) is 16.5. The van der Waals surface area contributed by atoms with Crippen LogP contribution in [-0.4, -0.2) is 17.0 Å². The molecule has 5 nitrogen and oxygen atoms in total. The number of halogens is 3. The number of hydrogen-bond donors (Lipinski definition) is 3. The van der Waals surface area contributed by atoms with Crippen LogP contribution in [0.1, 0.15) is 25.8 Å². The lowest BCUT2D eigenvalue weighted by Gasteiger charge is -2.14. The second kappa shape index (κ2) is 9.18. The van der Waals surface area contributed by atoms with Gasteiger partial charge >= 0.3 is 0 Å². The van der Waals surface area contributed by atoms with E-state index in [1.54, 1.807) is 25.4 Å². The van der Waals surface area contributed by atoms with Crippen molar-refractivity contribution >= 4 is 17.3 Å². The van der Waals surface area contributed by atoms with Gasteiger partial charge in [-0.15, -0.1) is 0 Å². The molecule has 0 aromatic heterocycles. The molecule has 8 heteroatoms. The monoisotopic (exact) mass is 391 g/mol. The van der Waals surface area contributed by atoms with Gasteiger partial charge in [-0.05, 0) is 29.7 Å². The van der Waals surface area contributed by atoms with Gasteiger partial charge in [0.05, 0.1) is 5.56 Å². The molecule has 0 spiro atoms. The second-order valence-electron chi connectivity index (χ2n) is 6.35. The fourth-order valence-corrected chi connectivity index (χ4v) is 2.51. The third-order valence-electron chi connectivity index (χ3n) is 3.98. The Labute approximate surface area is 160 Å². The summed E-state index contributed by atoms with van der Waals surface area (Å²) in [6.07, 6.45) is 7.11. The topological polar surface area (TPSA) is 87.7 Å². The first-order chi connectivity index (χ1) is 13.2. The largest absolute Gasteiger partial charge is 0.387 e. The lowest BCUT2D eigenvalue weighted by atomic mass is 9.92. The number of nitrogens with zero attached hydrogens (tertiary/aromatic N) is 1. The van der Waals surface area contributed by atoms with Crippen LogP contribution in [0.3, 0.4) is 0 Å². The van der Waals surface area contributed by atoms with Crippen LogP contribution in [0.15, 0.2) is 58.8 Å². The number of nitrogens with two attached hydrogens (primary N) is 1. The molecular formula is C20H20F3N3O2. The summed E-state index contributed by atoms with van der Waals surface area (Å²) in [5, 5.41) is 8.81. The molecule has 1 amide bonds. The summed E-state index contributed by atoms with van der Waals surface area (Å²) in [6, 6.07) is 1.11. The van der Waals surface area contributed by atoms with Gasteiger partial charge in [0.1, 0.15) is 23.3 Å². The zero-order valence-corrected chi connectivity index (χ0v) is 15.3. The molecule has 0 saturated carbocycles. The van der Waals surface area contributed by atoms with Gasteiger partial charge in [-0.1, -0.05) is 26.0 Å². The van der Waals surface area contributed by atoms with Crippen LogP contribution in [0.25, 0.3) is 5.57 Å². The number of rotatable bonds is 5. The summed E-state index contributed by atoms with van der Waals surface area (Å²) in [4.78, 5) is 16.2. The standard InChI is InChI=1S/C20H20F3N3O2/c1-11(2)19(24)26-20(27)13-5-3-4-12(8-13)15(6-7-25-28)18-16(22)9-14(21)10-17(18)23/h3,5-11,25,28H,4H2,1-2H3,(H2,24,26,27)/b7-6-,15-12-. The van der Waals surface area contributed by atoms with Crippen molar-refractivity contribution < 1.29 is 23.2 Å². The number of aliphatic imine (C=N–C) groups is 1. The highest BCUT2D eigenvalue weighted by molar-refractivity contribution is 6.05. The van der Waals surface area contributed by atoms with Crippen molar-refractivity contribution in [3.8, 4) is 0 Å². The van der Waals surface area contributed by atoms with E-state index in [0.29, 0.717) is 17.7 Å². The van der Waals surface area contributed by atoms with Crippen molar-refractivity contribution in [2.24, 2.45) is 16.6 Å². The maximum absolute atomic E-state index is 14.3. The summed E-state index contributed by atoms with van der Waals surface area (Å²) in [5.41, 5.74) is 7.57. The summed E-state index contributed by atoms with van der Waals surface area (Å²) in [7, 11) is 0. The molecule has 0 radical (unpaired) electrons. The number of nitrogens with one attached hydrogen (secondary N) is 1. The molecule has 1 aliphatic rings. The van der Waals surface area contributed by atoms with Crippen LogP contribution in [0.5, 0.6) is 0 Å². The first kappa shape index (κ1) is 21.2. The first-order valence-corrected chi connectivity index (χ1v) is 8.45. The van der Waals surface area contributed by atoms with Crippen molar-refractivity contribution in [2.75, 3.05) is 0 Å². The summed E-state index contributed by atoms with van der Waals surface area (Å²) < 4.78 is 41.8. The van der Waals surface area contributed by atoms with Crippen LogP contribution in [0.2, 0.25) is 0 Å². The molecule has 0 bridgehead atoms. The van der Waals surface area contributed by atoms with Crippen molar-refractivity contribution in [2.45, 2.75) is 20.3 Å². The van der Waals surface area contributed by atoms with E-state index in [4.69, 9.17) is 10.9 Å². The number of allylic oxidation sites excluding steroid dienone is 5. The number of carbonyl (C=O) groups excluding carboxylic acids is 1. The van der Waals surface area contributed by atoms with Gasteiger partial charge in [-0.3, -0.25) is 15.5 Å². The maximum Gasteiger partial charge on any atom is 0.278 e. The number of benzene rings is 1. The van der Waals surface area contributed by atoms with Crippen molar-refractivity contribution in [1.82, 2.24) is 5.48 Å². The molecule has 0 unspecified atom stereocenters. The maximum atomic E-state index is 14.3. The smallest absolute Gasteiger partial charge is 0.278 e. The SMILES string of the molecule is CC(C)C(N)=NC(=O)C1=C/C(=C(/C=C\NO)c2c(F)cc(F)cc2F)CC=C1. The van der Waals surface area contributed by atoms with Gasteiger partial charge in [0, 0.05) is 29.8 Å². The minimum absolute atomic E-state index is 0.0343. The minimum Gasteiger partial charge on any atom is -0.387 e. The average molecular weight is 391 g/mol. The van der Waals surface area contributed by atoms with Gasteiger partial charge in [0.2, 0.25) is 0 Å². The molecule has 0 aliphatic heterocycles. The molecule has 0 fully saturated rings. The Morgan fingerprint density at radius 2 is 1.93 bits per heavy atom. The van der Waals surface area contributed by atoms with E-state index in [0.717, 1.165) is 6.20 Å². The molecule has 0 saturated heterocycles. The second-order valence-corrected chi connectivity index (χ2v) is 6.35. The number of carbonyl (C=O) groups is 1. The molecular weight excluding hydrogens is 371 g/mol. The van der Waals surface area contributed by atoms with Gasteiger partial charge in [0.25, 0.3) is 5.91 Å². The Kier molecular flexibility index (Phi) is 6.94. The Balaban J connectivity index is 2.60. The molecule has 1 aromatic carbocycles. The number of hydroxylamine groups is 1. The van der Waals surface area contributed by atoms with E-state index in [9.17, 15) is 18.0 Å². The molecule has 0 heterocycles. The van der Waals surface area contributed by atoms with E-state index in [-0.39, 0.29) is 29.3 Å². The van der Waals surface area contributed by atoms with Crippen molar-refractivity contribution in [1.29, 1.82) is 0 Å². The highest BCUT2D eigenvalue weighted by Crippen LogP contribution is 2.31. The van der Waals surface area contributed by atoms with Gasteiger partial charge in [0.15, 0.2) is 0 Å². The molecule has 1 aromatic rings. The van der Waals surface area contributed by atoms with E-state index in [1.807, 2.05) is 0 Å². The third-order valence-corrected chi connectivity index (χ3v) is 3.98. The van der Waals surface area contributed by atoms with Crippen LogP contribution < -0.4 is 11.2 Å². The molecule has 4 N–H and O–H groups in total. The highest BCUT2D eigenvalue weighted by Gasteiger charge is 2.19. The molecule has 148 valence electrons. The van der Waals surface area contributed by atoms with Crippen molar-refractivity contribution in [3.63, 3.8) is 0 Å². The fraction of sp³-hybridized carbons (Fsp3) is 0.200. The van der Waals surface area contributed by atoms with Crippen LogP contribution in [0, 0.1) is 23.4 Å². The molecule has 0 atom stereocenters. The predicted molar refractivity (Wildman–Crippen MR) is 101 cm³/mol. The van der Waals surface area contributed by atoms with Gasteiger partial charge in [-0.2, -0.15) is 4.99 Å². The Bertz CT molecular complexity index is 906. The number of amides is 1. The quantitative estimate of drug-likeness (QED) is 0.405. The van der Waals surface area contributed by atoms with E-state index >= 15 is 0 Å². The first-order valence-electron chi connectivity index (χ1n) is 8.45. The van der Waals surface area contributed by atoms with Crippen molar-refractivity contribution in [3.05, 3.63) is 76.8 Å². The van der Waals surface area contributed by atoms with Gasteiger partial charge < -0.3 is 5.73 Å². The van der Waals surface area contributed by atoms with Gasteiger partial charge in [-0.25, -0.2) is 13.2 Å². The lowest BCUT2D eigenvalue weighted by molar-refractivity contribution is -0.114. The number of amidine groups is 1. The lowest BCUT2D eigenvalue weighted by Crippen LogP contribution is -2.21. The van der Waals surface area contributed by atoms with E-state index in [1.165, 1.54) is 18.2 Å². The summed E-state index contributed by atoms with van der Waals surface area (Å²) in [6.45, 7) is 3.57. The minimum atomic E-state index is -1.11. The third kappa shape index (κ3) is 4.98. The predicted octanol–water partition coefficient (Wildman–Crippen LogP) is 3.78. The Morgan fingerprint density at radius 3 is 2.50 bits per heavy atom. The average Bonchev–Trinajstić information content (AvgIpc) is 2.63. The molecule has 28 heavy (non-hydrogen) atoms. The van der Waals surface area contributed by atoms with E-state index < -0.39 is 28.9 Å².